The molecule has 1 fully saturated rings. The summed E-state index contributed by atoms with van der Waals surface area (Å²) in [7, 11) is 0. The van der Waals surface area contributed by atoms with Crippen LogP contribution in [0, 0.1) is 5.92 Å². The van der Waals surface area contributed by atoms with Gasteiger partial charge in [0.15, 0.2) is 0 Å². The van der Waals surface area contributed by atoms with Gasteiger partial charge in [-0.25, -0.2) is 4.79 Å². The van der Waals surface area contributed by atoms with Gasteiger partial charge in [-0.15, -0.1) is 10.2 Å². The van der Waals surface area contributed by atoms with Gasteiger partial charge < -0.3 is 15.2 Å². The first-order valence-electron chi connectivity index (χ1n) is 7.88. The Bertz CT molecular complexity index is 517. The Labute approximate surface area is 132 Å². The number of aryl methyl sites for hydroxylation is 1. The van der Waals surface area contributed by atoms with E-state index in [1.807, 2.05) is 11.5 Å². The van der Waals surface area contributed by atoms with Crippen LogP contribution in [-0.4, -0.2) is 39.6 Å². The summed E-state index contributed by atoms with van der Waals surface area (Å²) in [6.45, 7) is 2.85. The molecule has 2 rings (SSSR count). The van der Waals surface area contributed by atoms with Crippen molar-refractivity contribution < 1.29 is 18.0 Å². The van der Waals surface area contributed by atoms with Gasteiger partial charge in [-0.3, -0.25) is 0 Å². The van der Waals surface area contributed by atoms with Gasteiger partial charge in [-0.05, 0) is 19.3 Å². The van der Waals surface area contributed by atoms with Crippen molar-refractivity contribution in [3.63, 3.8) is 0 Å². The predicted octanol–water partition coefficient (Wildman–Crippen LogP) is 2.26. The highest BCUT2D eigenvalue weighted by atomic mass is 19.4. The van der Waals surface area contributed by atoms with Gasteiger partial charge >= 0.3 is 12.2 Å². The molecule has 1 aliphatic carbocycles. The lowest BCUT2D eigenvalue weighted by molar-refractivity contribution is -0.183. The van der Waals surface area contributed by atoms with E-state index in [-0.39, 0.29) is 12.8 Å². The van der Waals surface area contributed by atoms with Crippen LogP contribution in [0.15, 0.2) is 6.33 Å². The van der Waals surface area contributed by atoms with Crippen molar-refractivity contribution >= 4 is 6.03 Å². The third-order valence-electron chi connectivity index (χ3n) is 4.12. The van der Waals surface area contributed by atoms with E-state index in [4.69, 9.17) is 0 Å². The topological polar surface area (TPSA) is 71.8 Å². The van der Waals surface area contributed by atoms with Crippen LogP contribution in [0.3, 0.4) is 0 Å². The van der Waals surface area contributed by atoms with E-state index < -0.39 is 24.2 Å². The largest absolute Gasteiger partial charge is 0.391 e. The van der Waals surface area contributed by atoms with Crippen molar-refractivity contribution in [1.82, 2.24) is 25.4 Å². The van der Waals surface area contributed by atoms with Gasteiger partial charge in [0, 0.05) is 25.6 Å². The standard InChI is InChI=1S/C14H22F3N5O/c1-2-12-21-19-9-22(12)7-6-18-13(23)20-11-5-3-4-10(8-11)14(15,16)17/h9-11H,2-8H2,1H3,(H2,18,20,23)/t10-,11-/m1/s1. The van der Waals surface area contributed by atoms with Crippen LogP contribution >= 0.6 is 0 Å². The summed E-state index contributed by atoms with van der Waals surface area (Å²) in [5.41, 5.74) is 0. The summed E-state index contributed by atoms with van der Waals surface area (Å²) in [6.07, 6.45) is -0.664. The molecule has 1 aromatic heterocycles. The molecule has 23 heavy (non-hydrogen) atoms. The average Bonchev–Trinajstić information content (AvgIpc) is 2.94. The zero-order valence-corrected chi connectivity index (χ0v) is 13.1. The molecule has 2 N–H and O–H groups in total. The number of hydrogen-bond acceptors (Lipinski definition) is 3. The number of alkyl halides is 3. The molecule has 1 heterocycles. The van der Waals surface area contributed by atoms with Crippen LogP contribution in [0.5, 0.6) is 0 Å². The van der Waals surface area contributed by atoms with Gasteiger partial charge in [-0.1, -0.05) is 13.3 Å². The Balaban J connectivity index is 1.72. The minimum absolute atomic E-state index is 0.0393. The molecule has 0 aliphatic heterocycles. The highest BCUT2D eigenvalue weighted by molar-refractivity contribution is 5.74. The predicted molar refractivity (Wildman–Crippen MR) is 77.7 cm³/mol. The normalized spacial score (nSPS) is 21.9. The smallest absolute Gasteiger partial charge is 0.336 e. The lowest BCUT2D eigenvalue weighted by Crippen LogP contribution is -2.46. The number of halogens is 3. The van der Waals surface area contributed by atoms with Crippen molar-refractivity contribution in [3.05, 3.63) is 12.2 Å². The van der Waals surface area contributed by atoms with Gasteiger partial charge in [0.25, 0.3) is 0 Å². The van der Waals surface area contributed by atoms with Crippen molar-refractivity contribution in [1.29, 1.82) is 0 Å². The Kier molecular flexibility index (Phi) is 5.84. The summed E-state index contributed by atoms with van der Waals surface area (Å²) in [5, 5.41) is 13.0. The molecule has 6 nitrogen and oxygen atoms in total. The van der Waals surface area contributed by atoms with Crippen LogP contribution in [0.1, 0.15) is 38.4 Å². The fraction of sp³-hybridized carbons (Fsp3) is 0.786. The molecule has 0 unspecified atom stereocenters. The van der Waals surface area contributed by atoms with Crippen LogP contribution in [0.2, 0.25) is 0 Å². The number of aromatic nitrogens is 3. The van der Waals surface area contributed by atoms with Gasteiger partial charge in [0.05, 0.1) is 5.92 Å². The van der Waals surface area contributed by atoms with Gasteiger partial charge in [0.2, 0.25) is 0 Å². The highest BCUT2D eigenvalue weighted by Gasteiger charge is 2.42. The number of hydrogen-bond donors (Lipinski definition) is 2. The maximum atomic E-state index is 12.7. The van der Waals surface area contributed by atoms with Crippen LogP contribution in [-0.2, 0) is 13.0 Å². The molecule has 0 aromatic carbocycles. The second-order valence-corrected chi connectivity index (χ2v) is 5.80. The first kappa shape index (κ1) is 17.6. The molecule has 2 amide bonds. The van der Waals surface area contributed by atoms with Gasteiger partial charge in [-0.2, -0.15) is 13.2 Å². The number of carbonyl (C=O) groups excluding carboxylic acids is 1. The van der Waals surface area contributed by atoms with Gasteiger partial charge in [0.1, 0.15) is 12.2 Å². The van der Waals surface area contributed by atoms with Crippen LogP contribution < -0.4 is 10.6 Å². The summed E-state index contributed by atoms with van der Waals surface area (Å²) >= 11 is 0. The number of amides is 2. The lowest BCUT2D eigenvalue weighted by Gasteiger charge is -2.31. The van der Waals surface area contributed by atoms with E-state index in [1.54, 1.807) is 6.33 Å². The third-order valence-corrected chi connectivity index (χ3v) is 4.12. The van der Waals surface area contributed by atoms with Crippen molar-refractivity contribution in [2.45, 2.75) is 57.8 Å². The van der Waals surface area contributed by atoms with E-state index in [1.165, 1.54) is 0 Å². The minimum atomic E-state index is -4.18. The quantitative estimate of drug-likeness (QED) is 0.868. The summed E-state index contributed by atoms with van der Waals surface area (Å²) < 4.78 is 40.1. The van der Waals surface area contributed by atoms with E-state index in [9.17, 15) is 18.0 Å². The first-order chi connectivity index (χ1) is 10.9. The Morgan fingerprint density at radius 3 is 2.91 bits per heavy atom. The first-order valence-corrected chi connectivity index (χ1v) is 7.88. The molecule has 130 valence electrons. The molecule has 0 saturated heterocycles. The maximum Gasteiger partial charge on any atom is 0.391 e. The fourth-order valence-corrected chi connectivity index (χ4v) is 2.88. The number of nitrogens with one attached hydrogen (secondary N) is 2. The molecular formula is C14H22F3N5O. The molecule has 0 radical (unpaired) electrons. The minimum Gasteiger partial charge on any atom is -0.336 e. The van der Waals surface area contributed by atoms with Crippen molar-refractivity contribution in [2.75, 3.05) is 6.54 Å². The number of urea groups is 1. The molecule has 0 spiro atoms. The van der Waals surface area contributed by atoms with E-state index in [0.29, 0.717) is 25.9 Å². The Morgan fingerprint density at radius 2 is 2.22 bits per heavy atom. The number of nitrogens with zero attached hydrogens (tertiary/aromatic N) is 3. The summed E-state index contributed by atoms with van der Waals surface area (Å²) in [5.74, 6) is -0.488. The van der Waals surface area contributed by atoms with Crippen LogP contribution in [0.25, 0.3) is 0 Å². The third kappa shape index (κ3) is 5.11. The zero-order chi connectivity index (χ0) is 16.9. The second-order valence-electron chi connectivity index (χ2n) is 5.80. The number of carbonyl (C=O) groups is 1. The SMILES string of the molecule is CCc1nncn1CCNC(=O)N[C@@H]1CCC[C@@H](C(F)(F)F)C1. The van der Waals surface area contributed by atoms with Crippen LogP contribution in [0.4, 0.5) is 18.0 Å². The van der Waals surface area contributed by atoms with Crippen molar-refractivity contribution in [2.24, 2.45) is 5.92 Å². The number of rotatable bonds is 5. The Morgan fingerprint density at radius 1 is 1.43 bits per heavy atom. The molecule has 1 saturated carbocycles. The lowest BCUT2D eigenvalue weighted by atomic mass is 9.85. The van der Waals surface area contributed by atoms with E-state index >= 15 is 0 Å². The summed E-state index contributed by atoms with van der Waals surface area (Å²) in [6, 6.07) is -0.847. The zero-order valence-electron chi connectivity index (χ0n) is 13.1. The average molecular weight is 333 g/mol. The van der Waals surface area contributed by atoms with E-state index in [2.05, 4.69) is 20.8 Å². The molecular weight excluding hydrogens is 311 g/mol. The maximum absolute atomic E-state index is 12.7. The molecule has 0 bridgehead atoms. The second kappa shape index (κ2) is 7.65. The van der Waals surface area contributed by atoms with E-state index in [0.717, 1.165) is 12.2 Å². The fourth-order valence-electron chi connectivity index (χ4n) is 2.88. The molecule has 1 aliphatic rings. The monoisotopic (exact) mass is 333 g/mol. The van der Waals surface area contributed by atoms with Crippen molar-refractivity contribution in [3.8, 4) is 0 Å². The molecule has 9 heteroatoms. The summed E-state index contributed by atoms with van der Waals surface area (Å²) in [4.78, 5) is 11.8. The highest BCUT2D eigenvalue weighted by Crippen LogP contribution is 2.37. The molecule has 1 aromatic rings. The Hall–Kier alpha value is -1.80. The molecule has 2 atom stereocenters.